The number of rotatable bonds is 3. The molecule has 0 aromatic carbocycles. The SMILES string of the molecule is NS.O=C(O)CCC(=O)O. The first-order chi connectivity index (χ1) is 4.63. The van der Waals surface area contributed by atoms with E-state index in [1.807, 2.05) is 0 Å². The number of aliphatic carboxylic acids is 2. The van der Waals surface area contributed by atoms with E-state index in [1.165, 1.54) is 0 Å². The summed E-state index contributed by atoms with van der Waals surface area (Å²) in [7, 11) is 0. The molecule has 5 nitrogen and oxygen atoms in total. The first kappa shape index (κ1) is 12.0. The van der Waals surface area contributed by atoms with Gasteiger partial charge in [-0.1, -0.05) is 0 Å². The first-order valence-corrected chi connectivity index (χ1v) is 2.84. The Morgan fingerprint density at radius 3 is 1.40 bits per heavy atom. The summed E-state index contributed by atoms with van der Waals surface area (Å²) >= 11 is 3.03. The topological polar surface area (TPSA) is 101 Å². The highest BCUT2D eigenvalue weighted by molar-refractivity contribution is 7.77. The predicted molar refractivity (Wildman–Crippen MR) is 37.7 cm³/mol. The highest BCUT2D eigenvalue weighted by atomic mass is 32.1. The minimum Gasteiger partial charge on any atom is -0.481 e. The van der Waals surface area contributed by atoms with Crippen LogP contribution in [0.15, 0.2) is 0 Å². The van der Waals surface area contributed by atoms with Crippen LogP contribution >= 0.6 is 12.8 Å². The van der Waals surface area contributed by atoms with Gasteiger partial charge in [0, 0.05) is 0 Å². The second kappa shape index (κ2) is 8.25. The van der Waals surface area contributed by atoms with Gasteiger partial charge in [-0.3, -0.25) is 14.7 Å². The largest absolute Gasteiger partial charge is 0.481 e. The molecule has 0 aliphatic carbocycles. The third-order valence-corrected chi connectivity index (χ3v) is 0.553. The molecule has 6 heteroatoms. The summed E-state index contributed by atoms with van der Waals surface area (Å²) in [6, 6.07) is 0. The Hall–Kier alpha value is -0.750. The van der Waals surface area contributed by atoms with E-state index in [0.29, 0.717) is 0 Å². The van der Waals surface area contributed by atoms with Crippen LogP contribution in [-0.4, -0.2) is 22.2 Å². The molecule has 0 radical (unpaired) electrons. The number of nitrogens with two attached hydrogens (primary N) is 1. The molecule has 60 valence electrons. The van der Waals surface area contributed by atoms with E-state index < -0.39 is 11.9 Å². The van der Waals surface area contributed by atoms with Gasteiger partial charge in [0.1, 0.15) is 0 Å². The maximum Gasteiger partial charge on any atom is 0.303 e. The van der Waals surface area contributed by atoms with Crippen molar-refractivity contribution >= 4 is 24.8 Å². The molecule has 0 saturated carbocycles. The molecule has 0 saturated heterocycles. The van der Waals surface area contributed by atoms with Crippen molar-refractivity contribution in [2.75, 3.05) is 0 Å². The van der Waals surface area contributed by atoms with Crippen molar-refractivity contribution in [3.63, 3.8) is 0 Å². The van der Waals surface area contributed by atoms with Gasteiger partial charge in [0.2, 0.25) is 0 Å². The smallest absolute Gasteiger partial charge is 0.303 e. The zero-order valence-corrected chi connectivity index (χ0v) is 6.04. The number of hydrogen-bond acceptors (Lipinski definition) is 4. The normalized spacial score (nSPS) is 7.40. The number of carboxylic acids is 2. The minimum atomic E-state index is -1.08. The van der Waals surface area contributed by atoms with Crippen LogP contribution in [0, 0.1) is 0 Å². The van der Waals surface area contributed by atoms with Crippen molar-refractivity contribution in [1.29, 1.82) is 0 Å². The van der Waals surface area contributed by atoms with E-state index >= 15 is 0 Å². The molecule has 0 fully saturated rings. The van der Waals surface area contributed by atoms with E-state index in [9.17, 15) is 9.59 Å². The molecule has 0 aromatic heterocycles. The summed E-state index contributed by atoms with van der Waals surface area (Å²) in [4.78, 5) is 19.3. The van der Waals surface area contributed by atoms with Gasteiger partial charge in [-0.05, 0) is 0 Å². The Labute approximate surface area is 63.4 Å². The standard InChI is InChI=1S/C4H6O4.H3NS/c5-3(6)1-2-4(7)8;1-2/h1-2H2,(H,5,6)(H,7,8);2H,1H2. The molecular formula is C4H9NO4S. The number of thiol groups is 1. The van der Waals surface area contributed by atoms with Crippen LogP contribution in [0.25, 0.3) is 0 Å². The lowest BCUT2D eigenvalue weighted by molar-refractivity contribution is -0.143. The van der Waals surface area contributed by atoms with Gasteiger partial charge in [-0.15, -0.1) is 12.8 Å². The van der Waals surface area contributed by atoms with Gasteiger partial charge in [0.25, 0.3) is 0 Å². The maximum atomic E-state index is 9.64. The minimum absolute atomic E-state index is 0.296. The van der Waals surface area contributed by atoms with E-state index in [1.54, 1.807) is 0 Å². The summed E-state index contributed by atoms with van der Waals surface area (Å²) in [6.45, 7) is 0. The van der Waals surface area contributed by atoms with Crippen LogP contribution in [0.4, 0.5) is 0 Å². The Bertz CT molecular complexity index is 102. The zero-order chi connectivity index (χ0) is 8.57. The van der Waals surface area contributed by atoms with Crippen LogP contribution in [0.3, 0.4) is 0 Å². The Balaban J connectivity index is 0. The lowest BCUT2D eigenvalue weighted by Gasteiger charge is -1.85. The van der Waals surface area contributed by atoms with Gasteiger partial charge in [0.05, 0.1) is 12.8 Å². The average molecular weight is 167 g/mol. The summed E-state index contributed by atoms with van der Waals surface area (Å²) in [6.07, 6.45) is -0.593. The fraction of sp³-hybridized carbons (Fsp3) is 0.500. The molecular weight excluding hydrogens is 158 g/mol. The van der Waals surface area contributed by atoms with Crippen molar-refractivity contribution in [3.8, 4) is 0 Å². The maximum absolute atomic E-state index is 9.64. The van der Waals surface area contributed by atoms with Gasteiger partial charge < -0.3 is 10.2 Å². The summed E-state index contributed by atoms with van der Waals surface area (Å²) < 4.78 is 0. The fourth-order valence-electron chi connectivity index (χ4n) is 0.214. The predicted octanol–water partition coefficient (Wildman–Crippen LogP) is -0.274. The average Bonchev–Trinajstić information content (AvgIpc) is 1.89. The molecule has 0 atom stereocenters. The van der Waals surface area contributed by atoms with E-state index in [2.05, 4.69) is 18.0 Å². The third-order valence-electron chi connectivity index (χ3n) is 0.553. The molecule has 0 rings (SSSR count). The quantitative estimate of drug-likeness (QED) is 0.433. The Kier molecular flexibility index (Phi) is 9.88. The molecule has 10 heavy (non-hydrogen) atoms. The van der Waals surface area contributed by atoms with Crippen LogP contribution in [0.2, 0.25) is 0 Å². The van der Waals surface area contributed by atoms with Crippen molar-refractivity contribution in [1.82, 2.24) is 0 Å². The number of hydrogen-bond donors (Lipinski definition) is 4. The van der Waals surface area contributed by atoms with Crippen LogP contribution in [0.1, 0.15) is 12.8 Å². The molecule has 0 amide bonds. The van der Waals surface area contributed by atoms with Crippen molar-refractivity contribution in [3.05, 3.63) is 0 Å². The monoisotopic (exact) mass is 167 g/mol. The zero-order valence-electron chi connectivity index (χ0n) is 5.15. The lowest BCUT2D eigenvalue weighted by atomic mass is 10.3. The van der Waals surface area contributed by atoms with Gasteiger partial charge in [-0.2, -0.15) is 0 Å². The summed E-state index contributed by atoms with van der Waals surface area (Å²) in [5.41, 5.74) is 0. The van der Waals surface area contributed by atoms with Crippen LogP contribution in [0.5, 0.6) is 0 Å². The van der Waals surface area contributed by atoms with Crippen molar-refractivity contribution in [2.24, 2.45) is 5.14 Å². The molecule has 0 unspecified atom stereocenters. The molecule has 0 aliphatic rings. The second-order valence-corrected chi connectivity index (χ2v) is 1.29. The molecule has 4 N–H and O–H groups in total. The molecule has 0 aromatic rings. The Morgan fingerprint density at radius 1 is 1.10 bits per heavy atom. The molecule has 0 heterocycles. The van der Waals surface area contributed by atoms with Crippen molar-refractivity contribution < 1.29 is 19.8 Å². The summed E-state index contributed by atoms with van der Waals surface area (Å²) in [5.74, 6) is -2.15. The van der Waals surface area contributed by atoms with Crippen molar-refractivity contribution in [2.45, 2.75) is 12.8 Å². The highest BCUT2D eigenvalue weighted by Crippen LogP contribution is 1.85. The lowest BCUT2D eigenvalue weighted by Crippen LogP contribution is -2.00. The number of carbonyl (C=O) groups is 2. The summed E-state index contributed by atoms with van der Waals surface area (Å²) in [5, 5.41) is 20.0. The second-order valence-electron chi connectivity index (χ2n) is 1.29. The van der Waals surface area contributed by atoms with Gasteiger partial charge in [-0.25, -0.2) is 0 Å². The van der Waals surface area contributed by atoms with E-state index in [-0.39, 0.29) is 12.8 Å². The van der Waals surface area contributed by atoms with Gasteiger partial charge >= 0.3 is 11.9 Å². The van der Waals surface area contributed by atoms with E-state index in [0.717, 1.165) is 0 Å². The Morgan fingerprint density at radius 2 is 1.30 bits per heavy atom. The van der Waals surface area contributed by atoms with Crippen LogP contribution < -0.4 is 5.14 Å². The van der Waals surface area contributed by atoms with Gasteiger partial charge in [0.15, 0.2) is 0 Å². The van der Waals surface area contributed by atoms with Crippen LogP contribution in [-0.2, 0) is 9.59 Å². The molecule has 0 spiro atoms. The first-order valence-electron chi connectivity index (χ1n) is 2.32. The number of carboxylic acid groups (broad SMARTS) is 2. The van der Waals surface area contributed by atoms with E-state index in [4.69, 9.17) is 10.2 Å². The highest BCUT2D eigenvalue weighted by Gasteiger charge is 2.00. The third kappa shape index (κ3) is 15.7. The molecule has 0 aliphatic heterocycles. The fourth-order valence-corrected chi connectivity index (χ4v) is 0.214. The molecule has 0 bridgehead atoms.